The van der Waals surface area contributed by atoms with E-state index in [0.29, 0.717) is 43.8 Å². The van der Waals surface area contributed by atoms with Crippen LogP contribution in [0.1, 0.15) is 40.1 Å². The molecule has 0 spiro atoms. The molecule has 0 radical (unpaired) electrons. The van der Waals surface area contributed by atoms with Crippen molar-refractivity contribution >= 4 is 24.2 Å². The van der Waals surface area contributed by atoms with Crippen LogP contribution in [0.25, 0.3) is 0 Å². The minimum Gasteiger partial charge on any atom is -0.467 e. The molecule has 0 saturated heterocycles. The quantitative estimate of drug-likeness (QED) is 0.770. The van der Waals surface area contributed by atoms with Gasteiger partial charge in [0.15, 0.2) is 0 Å². The highest BCUT2D eigenvalue weighted by Gasteiger charge is 2.22. The Bertz CT molecular complexity index is 720. The number of fused-ring (bicyclic) bond motifs is 1. The second kappa shape index (κ2) is 8.69. The fourth-order valence-corrected chi connectivity index (χ4v) is 2.82. The molecule has 3 rings (SSSR count). The minimum atomic E-state index is -0.209. The molecule has 2 aromatic rings. The Morgan fingerprint density at radius 2 is 1.88 bits per heavy atom. The monoisotopic (exact) mass is 363 g/mol. The van der Waals surface area contributed by atoms with Crippen molar-refractivity contribution < 1.29 is 14.0 Å². The van der Waals surface area contributed by atoms with Gasteiger partial charge in [0, 0.05) is 26.1 Å². The van der Waals surface area contributed by atoms with Crippen molar-refractivity contribution in [2.75, 3.05) is 6.54 Å². The number of nitrogens with two attached hydrogens (primary N) is 1. The van der Waals surface area contributed by atoms with Gasteiger partial charge in [-0.15, -0.1) is 12.4 Å². The van der Waals surface area contributed by atoms with Gasteiger partial charge in [-0.1, -0.05) is 24.3 Å². The van der Waals surface area contributed by atoms with Gasteiger partial charge in [-0.2, -0.15) is 0 Å². The van der Waals surface area contributed by atoms with Crippen LogP contribution < -0.4 is 11.1 Å². The molecule has 0 fully saturated rings. The van der Waals surface area contributed by atoms with Crippen molar-refractivity contribution in [3.8, 4) is 0 Å². The van der Waals surface area contributed by atoms with Gasteiger partial charge in [0.25, 0.3) is 5.91 Å². The van der Waals surface area contributed by atoms with Crippen LogP contribution in [0.5, 0.6) is 0 Å². The Morgan fingerprint density at radius 1 is 1.20 bits per heavy atom. The summed E-state index contributed by atoms with van der Waals surface area (Å²) in [4.78, 5) is 26.0. The second-order valence-corrected chi connectivity index (χ2v) is 5.88. The summed E-state index contributed by atoms with van der Waals surface area (Å²) >= 11 is 0. The maximum Gasteiger partial charge on any atom is 0.254 e. The molecule has 0 unspecified atom stereocenters. The smallest absolute Gasteiger partial charge is 0.254 e. The molecule has 2 heterocycles. The van der Waals surface area contributed by atoms with E-state index in [1.165, 1.54) is 17.4 Å². The Kier molecular flexibility index (Phi) is 6.61. The van der Waals surface area contributed by atoms with E-state index in [1.54, 1.807) is 6.07 Å². The highest BCUT2D eigenvalue weighted by molar-refractivity contribution is 5.94. The van der Waals surface area contributed by atoms with Crippen LogP contribution in [0.2, 0.25) is 0 Å². The summed E-state index contributed by atoms with van der Waals surface area (Å²) in [7, 11) is 0. The molecular weight excluding hydrogens is 342 g/mol. The molecule has 2 amide bonds. The zero-order valence-corrected chi connectivity index (χ0v) is 14.7. The molecule has 0 saturated carbocycles. The first-order valence-corrected chi connectivity index (χ1v) is 8.07. The standard InChI is InChI=1S/C18H21N3O3.ClH/c19-9-16-8-15(12-24-16)18(23)20-7-3-6-17(22)21-10-13-4-1-2-5-14(13)11-21;/h1-2,4-5,8,12H,3,6-7,9-11,19H2,(H,20,23);1H. The van der Waals surface area contributed by atoms with Gasteiger partial charge < -0.3 is 20.4 Å². The van der Waals surface area contributed by atoms with E-state index in [2.05, 4.69) is 17.4 Å². The second-order valence-electron chi connectivity index (χ2n) is 5.88. The number of nitrogens with one attached hydrogen (secondary N) is 1. The van der Waals surface area contributed by atoms with Gasteiger partial charge in [0.05, 0.1) is 12.1 Å². The number of rotatable bonds is 6. The molecular formula is C18H22ClN3O3. The van der Waals surface area contributed by atoms with E-state index in [1.807, 2.05) is 17.0 Å². The molecule has 134 valence electrons. The fourth-order valence-electron chi connectivity index (χ4n) is 2.82. The van der Waals surface area contributed by atoms with Crippen LogP contribution in [0.15, 0.2) is 41.0 Å². The van der Waals surface area contributed by atoms with Gasteiger partial charge >= 0.3 is 0 Å². The summed E-state index contributed by atoms with van der Waals surface area (Å²) in [6.45, 7) is 2.07. The zero-order chi connectivity index (χ0) is 16.9. The molecule has 3 N–H and O–H groups in total. The number of furan rings is 1. The van der Waals surface area contributed by atoms with E-state index < -0.39 is 0 Å². The van der Waals surface area contributed by atoms with E-state index >= 15 is 0 Å². The number of nitrogens with zero attached hydrogens (tertiary/aromatic N) is 1. The van der Waals surface area contributed by atoms with Crippen LogP contribution in [0, 0.1) is 0 Å². The van der Waals surface area contributed by atoms with Crippen LogP contribution in [-0.4, -0.2) is 23.3 Å². The molecule has 1 aliphatic heterocycles. The molecule has 1 aromatic carbocycles. The largest absolute Gasteiger partial charge is 0.467 e. The number of carbonyl (C=O) groups excluding carboxylic acids is 2. The summed E-state index contributed by atoms with van der Waals surface area (Å²) in [6, 6.07) is 9.73. The van der Waals surface area contributed by atoms with E-state index in [4.69, 9.17) is 10.2 Å². The van der Waals surface area contributed by atoms with Crippen molar-refractivity contribution in [3.05, 3.63) is 59.0 Å². The summed E-state index contributed by atoms with van der Waals surface area (Å²) in [5.74, 6) is 0.484. The molecule has 25 heavy (non-hydrogen) atoms. The predicted molar refractivity (Wildman–Crippen MR) is 96.1 cm³/mol. The number of halogens is 1. The summed E-state index contributed by atoms with van der Waals surface area (Å²) in [5, 5.41) is 2.79. The normalized spacial score (nSPS) is 12.4. The molecule has 0 atom stereocenters. The molecule has 0 aliphatic carbocycles. The summed E-state index contributed by atoms with van der Waals surface area (Å²) in [6.07, 6.45) is 2.43. The third kappa shape index (κ3) is 4.61. The number of benzene rings is 1. The first-order valence-electron chi connectivity index (χ1n) is 8.07. The van der Waals surface area contributed by atoms with Crippen LogP contribution >= 0.6 is 12.4 Å². The third-order valence-electron chi connectivity index (χ3n) is 4.16. The maximum absolute atomic E-state index is 12.3. The van der Waals surface area contributed by atoms with Gasteiger partial charge in [-0.25, -0.2) is 0 Å². The Morgan fingerprint density at radius 3 is 2.48 bits per heavy atom. The van der Waals surface area contributed by atoms with E-state index in [9.17, 15) is 9.59 Å². The van der Waals surface area contributed by atoms with Crippen molar-refractivity contribution in [2.45, 2.75) is 32.5 Å². The topological polar surface area (TPSA) is 88.6 Å². The summed E-state index contributed by atoms with van der Waals surface area (Å²) < 4.78 is 5.13. The van der Waals surface area contributed by atoms with Crippen molar-refractivity contribution in [1.82, 2.24) is 10.2 Å². The lowest BCUT2D eigenvalue weighted by Gasteiger charge is -2.15. The first-order chi connectivity index (χ1) is 11.7. The SMILES string of the molecule is Cl.NCc1cc(C(=O)NCCCC(=O)N2Cc3ccccc3C2)co1. The Balaban J connectivity index is 0.00000225. The number of carbonyl (C=O) groups is 2. The van der Waals surface area contributed by atoms with Crippen molar-refractivity contribution in [1.29, 1.82) is 0 Å². The minimum absolute atomic E-state index is 0. The van der Waals surface area contributed by atoms with Gasteiger partial charge in [-0.3, -0.25) is 9.59 Å². The van der Waals surface area contributed by atoms with Crippen molar-refractivity contribution in [3.63, 3.8) is 0 Å². The molecule has 0 bridgehead atoms. The molecule has 7 heteroatoms. The highest BCUT2D eigenvalue weighted by Crippen LogP contribution is 2.22. The average molecular weight is 364 g/mol. The average Bonchev–Trinajstić information content (AvgIpc) is 3.24. The number of hydrogen-bond acceptors (Lipinski definition) is 4. The van der Waals surface area contributed by atoms with E-state index in [0.717, 1.165) is 0 Å². The predicted octanol–water partition coefficient (Wildman–Crippen LogP) is 2.21. The van der Waals surface area contributed by atoms with Crippen LogP contribution in [0.3, 0.4) is 0 Å². The Labute approximate surface area is 152 Å². The summed E-state index contributed by atoms with van der Waals surface area (Å²) in [5.41, 5.74) is 8.33. The first kappa shape index (κ1) is 19.0. The lowest BCUT2D eigenvalue weighted by atomic mass is 10.1. The molecule has 1 aromatic heterocycles. The molecule has 6 nitrogen and oxygen atoms in total. The van der Waals surface area contributed by atoms with Gasteiger partial charge in [-0.05, 0) is 23.6 Å². The van der Waals surface area contributed by atoms with Gasteiger partial charge in [0.2, 0.25) is 5.91 Å². The lowest BCUT2D eigenvalue weighted by molar-refractivity contribution is -0.131. The van der Waals surface area contributed by atoms with Crippen LogP contribution in [-0.2, 0) is 24.4 Å². The van der Waals surface area contributed by atoms with Gasteiger partial charge in [0.1, 0.15) is 12.0 Å². The number of hydrogen-bond donors (Lipinski definition) is 2. The van der Waals surface area contributed by atoms with E-state index in [-0.39, 0.29) is 30.8 Å². The van der Waals surface area contributed by atoms with Crippen molar-refractivity contribution in [2.24, 2.45) is 5.73 Å². The van der Waals surface area contributed by atoms with Crippen LogP contribution in [0.4, 0.5) is 0 Å². The fraction of sp³-hybridized carbons (Fsp3) is 0.333. The zero-order valence-electron chi connectivity index (χ0n) is 13.9. The Hall–Kier alpha value is -2.31. The maximum atomic E-state index is 12.3. The third-order valence-corrected chi connectivity index (χ3v) is 4.16. The molecule has 1 aliphatic rings. The highest BCUT2D eigenvalue weighted by atomic mass is 35.5. The lowest BCUT2D eigenvalue weighted by Crippen LogP contribution is -2.28. The number of amides is 2.